The van der Waals surface area contributed by atoms with Gasteiger partial charge in [0.1, 0.15) is 5.69 Å². The molecule has 0 unspecified atom stereocenters. The van der Waals surface area contributed by atoms with E-state index in [1.165, 1.54) is 19.9 Å². The fraction of sp³-hybridized carbons (Fsp3) is 0.267. The standard InChI is InChI=1S/C15H11F6N3O/c1-7-4-3-5-9(14(16,17)18)11(7)24-13(25)12-22-8(2)6-10(23-12)15(19,20)21/h3-6H,1-2H3,(H,24,25). The number of aromatic nitrogens is 2. The number of amides is 1. The van der Waals surface area contributed by atoms with Crippen molar-refractivity contribution < 1.29 is 31.1 Å². The quantitative estimate of drug-likeness (QED) is 0.806. The molecule has 0 saturated carbocycles. The average Bonchev–Trinajstić information content (AvgIpc) is 2.46. The SMILES string of the molecule is Cc1cc(C(F)(F)F)nc(C(=O)Nc2c(C)cccc2C(F)(F)F)n1. The second kappa shape index (κ2) is 6.34. The van der Waals surface area contributed by atoms with Gasteiger partial charge in [-0.2, -0.15) is 26.3 Å². The summed E-state index contributed by atoms with van der Waals surface area (Å²) in [7, 11) is 0. The predicted octanol–water partition coefficient (Wildman–Crippen LogP) is 4.38. The van der Waals surface area contributed by atoms with E-state index in [-0.39, 0.29) is 11.3 Å². The van der Waals surface area contributed by atoms with Crippen LogP contribution < -0.4 is 5.32 Å². The predicted molar refractivity (Wildman–Crippen MR) is 75.9 cm³/mol. The molecule has 1 aromatic carbocycles. The first kappa shape index (κ1) is 18.7. The van der Waals surface area contributed by atoms with E-state index in [4.69, 9.17) is 0 Å². The van der Waals surface area contributed by atoms with E-state index in [9.17, 15) is 31.1 Å². The third-order valence-electron chi connectivity index (χ3n) is 3.16. The van der Waals surface area contributed by atoms with Gasteiger partial charge in [0.2, 0.25) is 5.82 Å². The molecule has 0 spiro atoms. The molecule has 4 nitrogen and oxygen atoms in total. The summed E-state index contributed by atoms with van der Waals surface area (Å²) in [5, 5.41) is 1.96. The highest BCUT2D eigenvalue weighted by atomic mass is 19.4. The Balaban J connectivity index is 2.44. The minimum Gasteiger partial charge on any atom is -0.318 e. The number of aryl methyl sites for hydroxylation is 2. The molecule has 0 fully saturated rings. The van der Waals surface area contributed by atoms with Gasteiger partial charge in [0, 0.05) is 5.69 Å². The zero-order valence-corrected chi connectivity index (χ0v) is 12.9. The molecular formula is C15H11F6N3O. The fourth-order valence-electron chi connectivity index (χ4n) is 2.05. The number of nitrogens with zero attached hydrogens (tertiary/aromatic N) is 2. The average molecular weight is 363 g/mol. The summed E-state index contributed by atoms with van der Waals surface area (Å²) in [5.74, 6) is -2.14. The first-order chi connectivity index (χ1) is 11.4. The fourth-order valence-corrected chi connectivity index (χ4v) is 2.05. The van der Waals surface area contributed by atoms with Crippen molar-refractivity contribution in [3.05, 3.63) is 52.6 Å². The van der Waals surface area contributed by atoms with Gasteiger partial charge in [-0.15, -0.1) is 0 Å². The molecule has 0 bridgehead atoms. The number of carbonyl (C=O) groups is 1. The second-order valence-corrected chi connectivity index (χ2v) is 5.17. The Labute approximate surface area is 137 Å². The summed E-state index contributed by atoms with van der Waals surface area (Å²) in [6.07, 6.45) is -9.57. The van der Waals surface area contributed by atoms with Crippen LogP contribution in [0.4, 0.5) is 32.0 Å². The molecule has 0 radical (unpaired) electrons. The van der Waals surface area contributed by atoms with Crippen molar-refractivity contribution in [3.63, 3.8) is 0 Å². The van der Waals surface area contributed by atoms with Crippen molar-refractivity contribution in [2.24, 2.45) is 0 Å². The number of para-hydroxylation sites is 1. The van der Waals surface area contributed by atoms with E-state index in [1.807, 2.05) is 5.32 Å². The van der Waals surface area contributed by atoms with E-state index >= 15 is 0 Å². The topological polar surface area (TPSA) is 54.9 Å². The highest BCUT2D eigenvalue weighted by Crippen LogP contribution is 2.36. The van der Waals surface area contributed by atoms with Gasteiger partial charge in [0.25, 0.3) is 5.91 Å². The minimum atomic E-state index is -4.82. The number of alkyl halides is 6. The van der Waals surface area contributed by atoms with Crippen LogP contribution in [0.3, 0.4) is 0 Å². The Morgan fingerprint density at radius 1 is 1.00 bits per heavy atom. The molecule has 2 rings (SSSR count). The summed E-state index contributed by atoms with van der Waals surface area (Å²) in [6.45, 7) is 2.53. The maximum absolute atomic E-state index is 13.0. The second-order valence-electron chi connectivity index (χ2n) is 5.17. The van der Waals surface area contributed by atoms with Crippen molar-refractivity contribution >= 4 is 11.6 Å². The maximum Gasteiger partial charge on any atom is 0.433 e. The Bertz CT molecular complexity index is 814. The van der Waals surface area contributed by atoms with Crippen LogP contribution in [-0.2, 0) is 12.4 Å². The van der Waals surface area contributed by atoms with Crippen LogP contribution in [0.5, 0.6) is 0 Å². The van der Waals surface area contributed by atoms with Gasteiger partial charge in [-0.25, -0.2) is 9.97 Å². The molecule has 2 aromatic rings. The highest BCUT2D eigenvalue weighted by molar-refractivity contribution is 6.02. The van der Waals surface area contributed by atoms with E-state index in [1.54, 1.807) is 0 Å². The van der Waals surface area contributed by atoms with Crippen LogP contribution in [0.1, 0.15) is 33.1 Å². The molecule has 0 atom stereocenters. The molecule has 134 valence electrons. The molecule has 0 saturated heterocycles. The van der Waals surface area contributed by atoms with Crippen molar-refractivity contribution in [3.8, 4) is 0 Å². The molecule has 1 N–H and O–H groups in total. The minimum absolute atomic E-state index is 0.0897. The summed E-state index contributed by atoms with van der Waals surface area (Å²) < 4.78 is 77.4. The smallest absolute Gasteiger partial charge is 0.318 e. The molecule has 10 heteroatoms. The van der Waals surface area contributed by atoms with Gasteiger partial charge >= 0.3 is 12.4 Å². The highest BCUT2D eigenvalue weighted by Gasteiger charge is 2.36. The largest absolute Gasteiger partial charge is 0.433 e. The summed E-state index contributed by atoms with van der Waals surface area (Å²) in [5.41, 5.74) is -3.09. The lowest BCUT2D eigenvalue weighted by Crippen LogP contribution is -2.22. The molecule has 1 amide bonds. The Kier molecular flexibility index (Phi) is 4.74. The molecule has 0 aliphatic heterocycles. The lowest BCUT2D eigenvalue weighted by atomic mass is 10.1. The van der Waals surface area contributed by atoms with Crippen molar-refractivity contribution in [2.45, 2.75) is 26.2 Å². The van der Waals surface area contributed by atoms with Crippen LogP contribution in [0.15, 0.2) is 24.3 Å². The first-order valence-electron chi connectivity index (χ1n) is 6.80. The number of nitrogens with one attached hydrogen (secondary N) is 1. The third-order valence-corrected chi connectivity index (χ3v) is 3.16. The number of anilines is 1. The lowest BCUT2D eigenvalue weighted by molar-refractivity contribution is -0.141. The summed E-state index contributed by atoms with van der Waals surface area (Å²) >= 11 is 0. The van der Waals surface area contributed by atoms with Gasteiger partial charge in [0.15, 0.2) is 0 Å². The van der Waals surface area contributed by atoms with Gasteiger partial charge in [0.05, 0.1) is 11.3 Å². The first-order valence-corrected chi connectivity index (χ1v) is 6.80. The molecular weight excluding hydrogens is 352 g/mol. The van der Waals surface area contributed by atoms with Crippen LogP contribution >= 0.6 is 0 Å². The lowest BCUT2D eigenvalue weighted by Gasteiger charge is -2.16. The van der Waals surface area contributed by atoms with Gasteiger partial charge < -0.3 is 5.32 Å². The monoisotopic (exact) mass is 363 g/mol. The van der Waals surface area contributed by atoms with Crippen molar-refractivity contribution in [1.82, 2.24) is 9.97 Å². The van der Waals surface area contributed by atoms with Crippen LogP contribution in [0.25, 0.3) is 0 Å². The number of rotatable bonds is 2. The third kappa shape index (κ3) is 4.25. The zero-order valence-electron chi connectivity index (χ0n) is 12.9. The number of hydrogen-bond donors (Lipinski definition) is 1. The van der Waals surface area contributed by atoms with E-state index in [0.29, 0.717) is 6.07 Å². The van der Waals surface area contributed by atoms with Crippen LogP contribution in [0.2, 0.25) is 0 Å². The Morgan fingerprint density at radius 2 is 1.64 bits per heavy atom. The van der Waals surface area contributed by atoms with Crippen molar-refractivity contribution in [2.75, 3.05) is 5.32 Å². The van der Waals surface area contributed by atoms with E-state index in [0.717, 1.165) is 12.1 Å². The summed E-state index contributed by atoms with van der Waals surface area (Å²) in [6, 6.07) is 3.86. The molecule has 0 aliphatic rings. The molecule has 25 heavy (non-hydrogen) atoms. The van der Waals surface area contributed by atoms with Crippen molar-refractivity contribution in [1.29, 1.82) is 0 Å². The van der Waals surface area contributed by atoms with E-state index < -0.39 is 41.0 Å². The van der Waals surface area contributed by atoms with Gasteiger partial charge in [-0.1, -0.05) is 12.1 Å². The van der Waals surface area contributed by atoms with Gasteiger partial charge in [-0.3, -0.25) is 4.79 Å². The molecule has 1 heterocycles. The zero-order chi connectivity index (χ0) is 19.0. The van der Waals surface area contributed by atoms with Crippen LogP contribution in [-0.4, -0.2) is 15.9 Å². The number of carbonyl (C=O) groups excluding carboxylic acids is 1. The van der Waals surface area contributed by atoms with E-state index in [2.05, 4.69) is 9.97 Å². The normalized spacial score (nSPS) is 12.2. The summed E-state index contributed by atoms with van der Waals surface area (Å²) in [4.78, 5) is 18.8. The Morgan fingerprint density at radius 3 is 2.20 bits per heavy atom. The maximum atomic E-state index is 13.0. The molecule has 0 aliphatic carbocycles. The molecule has 1 aromatic heterocycles. The number of benzene rings is 1. The number of hydrogen-bond acceptors (Lipinski definition) is 3. The Hall–Kier alpha value is -2.65. The van der Waals surface area contributed by atoms with Crippen LogP contribution in [0, 0.1) is 13.8 Å². The van der Waals surface area contributed by atoms with Gasteiger partial charge in [-0.05, 0) is 31.5 Å². The number of halogens is 6.